The Labute approximate surface area is 299 Å². The van der Waals surface area contributed by atoms with Crippen molar-refractivity contribution in [1.82, 2.24) is 15.0 Å². The highest BCUT2D eigenvalue weighted by Gasteiger charge is 2.34. The van der Waals surface area contributed by atoms with Gasteiger partial charge in [0, 0.05) is 44.5 Å². The highest BCUT2D eigenvalue weighted by atomic mass is 16.5. The quantitative estimate of drug-likeness (QED) is 0.187. The molecule has 7 aromatic carbocycles. The summed E-state index contributed by atoms with van der Waals surface area (Å²) in [6.45, 7) is 0. The zero-order chi connectivity index (χ0) is 34.2. The lowest BCUT2D eigenvalue weighted by atomic mass is 9.89. The minimum atomic E-state index is -0.0537. The van der Waals surface area contributed by atoms with E-state index in [1.54, 1.807) is 0 Å². The van der Waals surface area contributed by atoms with Crippen molar-refractivity contribution in [3.05, 3.63) is 175 Å². The van der Waals surface area contributed by atoms with Crippen molar-refractivity contribution < 1.29 is 9.15 Å². The van der Waals surface area contributed by atoms with Crippen molar-refractivity contribution in [2.75, 3.05) is 0 Å². The van der Waals surface area contributed by atoms with Crippen molar-refractivity contribution >= 4 is 49.1 Å². The predicted molar refractivity (Wildman–Crippen MR) is 209 cm³/mol. The van der Waals surface area contributed by atoms with Crippen LogP contribution in [0.3, 0.4) is 0 Å². The van der Waals surface area contributed by atoms with Crippen LogP contribution < -0.4 is 4.74 Å². The van der Waals surface area contributed by atoms with E-state index in [-0.39, 0.29) is 12.0 Å². The molecule has 0 saturated carbocycles. The van der Waals surface area contributed by atoms with Crippen molar-refractivity contribution in [2.45, 2.75) is 12.0 Å². The first-order valence-corrected chi connectivity index (χ1v) is 17.6. The van der Waals surface area contributed by atoms with E-state index in [4.69, 9.17) is 24.1 Å². The predicted octanol–water partition coefficient (Wildman–Crippen LogP) is 11.6. The minimum absolute atomic E-state index is 0.0537. The molecule has 2 unspecified atom stereocenters. The van der Waals surface area contributed by atoms with Crippen LogP contribution in [0, 0.1) is 0 Å². The Balaban J connectivity index is 1.14. The van der Waals surface area contributed by atoms with Crippen LogP contribution in [0.2, 0.25) is 0 Å². The number of hydrogen-bond donors (Lipinski definition) is 0. The number of para-hydroxylation sites is 2. The van der Waals surface area contributed by atoms with E-state index in [1.165, 1.54) is 21.7 Å². The standard InChI is InChI=1S/C47H29N3O2/c1-3-11-30-25-32(19-17-28(30)9-1)35-22-23-38(43-37-14-6-8-16-41(37)52-44(35)43)47-49-45(33-20-18-29-10-2-4-12-31(29)26-33)48-46(50-47)34-21-24-42-39(27-34)36-13-5-7-15-40(36)51-42/h1-27,39,42H. The van der Waals surface area contributed by atoms with Gasteiger partial charge < -0.3 is 9.15 Å². The second kappa shape index (κ2) is 11.3. The lowest BCUT2D eigenvalue weighted by Gasteiger charge is -2.18. The fourth-order valence-electron chi connectivity index (χ4n) is 7.88. The smallest absolute Gasteiger partial charge is 0.164 e. The molecule has 2 aliphatic rings. The van der Waals surface area contributed by atoms with Gasteiger partial charge in [0.25, 0.3) is 0 Å². The molecule has 5 heteroatoms. The number of aromatic nitrogens is 3. The highest BCUT2D eigenvalue weighted by Crippen LogP contribution is 2.44. The molecule has 0 bridgehead atoms. The highest BCUT2D eigenvalue weighted by molar-refractivity contribution is 6.16. The first-order chi connectivity index (χ1) is 25.7. The maximum absolute atomic E-state index is 6.69. The van der Waals surface area contributed by atoms with E-state index < -0.39 is 0 Å². The van der Waals surface area contributed by atoms with Crippen LogP contribution in [0.1, 0.15) is 17.3 Å². The SMILES string of the molecule is C1=CC2Oc3ccccc3C2C=C1c1nc(-c2ccc3ccccc3c2)nc(-c2ccc(-c3ccc4ccccc4c3)c3oc4ccccc4c23)n1. The average Bonchev–Trinajstić information content (AvgIpc) is 3.79. The molecule has 2 aromatic heterocycles. The molecule has 1 aliphatic heterocycles. The molecule has 0 N–H and O–H groups in total. The minimum Gasteiger partial charge on any atom is -0.485 e. The Hall–Kier alpha value is -6.85. The summed E-state index contributed by atoms with van der Waals surface area (Å²) < 4.78 is 13.0. The van der Waals surface area contributed by atoms with Gasteiger partial charge in [0.2, 0.25) is 0 Å². The van der Waals surface area contributed by atoms with Crippen molar-refractivity contribution in [3.63, 3.8) is 0 Å². The van der Waals surface area contributed by atoms with Gasteiger partial charge in [0.1, 0.15) is 23.0 Å². The Kier molecular flexibility index (Phi) is 6.31. The zero-order valence-corrected chi connectivity index (χ0v) is 27.9. The lowest BCUT2D eigenvalue weighted by molar-refractivity contribution is 0.269. The summed E-state index contributed by atoms with van der Waals surface area (Å²) in [6, 6.07) is 50.5. The maximum atomic E-state index is 6.69. The topological polar surface area (TPSA) is 61.0 Å². The lowest BCUT2D eigenvalue weighted by Crippen LogP contribution is -2.17. The molecule has 52 heavy (non-hydrogen) atoms. The van der Waals surface area contributed by atoms with E-state index in [0.717, 1.165) is 60.9 Å². The van der Waals surface area contributed by atoms with E-state index in [1.807, 2.05) is 24.3 Å². The number of hydrogen-bond acceptors (Lipinski definition) is 5. The van der Waals surface area contributed by atoms with Crippen molar-refractivity contribution in [2.24, 2.45) is 0 Å². The molecule has 0 spiro atoms. The number of allylic oxidation sites excluding steroid dienone is 2. The Bertz CT molecular complexity index is 2970. The Morgan fingerprint density at radius 1 is 0.519 bits per heavy atom. The summed E-state index contributed by atoms with van der Waals surface area (Å²) in [6.07, 6.45) is 6.40. The normalized spacial score (nSPS) is 16.3. The number of ether oxygens (including phenoxy) is 1. The molecule has 0 radical (unpaired) electrons. The maximum Gasteiger partial charge on any atom is 0.164 e. The molecule has 9 aromatic rings. The molecule has 1 aliphatic carbocycles. The average molecular weight is 668 g/mol. The van der Waals surface area contributed by atoms with Gasteiger partial charge in [-0.05, 0) is 69.6 Å². The number of fused-ring (bicyclic) bond motifs is 8. The van der Waals surface area contributed by atoms with Gasteiger partial charge in [0.05, 0.1) is 0 Å². The van der Waals surface area contributed by atoms with Gasteiger partial charge in [-0.2, -0.15) is 0 Å². The summed E-state index contributed by atoms with van der Waals surface area (Å²) in [4.78, 5) is 15.6. The van der Waals surface area contributed by atoms with Crippen molar-refractivity contribution in [1.29, 1.82) is 0 Å². The number of benzene rings is 7. The second-order valence-electron chi connectivity index (χ2n) is 13.5. The summed E-state index contributed by atoms with van der Waals surface area (Å²) in [5.74, 6) is 2.82. The second-order valence-corrected chi connectivity index (χ2v) is 13.5. The molecule has 244 valence electrons. The fourth-order valence-corrected chi connectivity index (χ4v) is 7.88. The molecular formula is C47H29N3O2. The van der Waals surface area contributed by atoms with Gasteiger partial charge >= 0.3 is 0 Å². The zero-order valence-electron chi connectivity index (χ0n) is 27.9. The van der Waals surface area contributed by atoms with Crippen LogP contribution in [0.15, 0.2) is 168 Å². The van der Waals surface area contributed by atoms with Gasteiger partial charge in [-0.3, -0.25) is 0 Å². The summed E-state index contributed by atoms with van der Waals surface area (Å²) in [5, 5.41) is 6.68. The Morgan fingerprint density at radius 3 is 2.02 bits per heavy atom. The first-order valence-electron chi connectivity index (χ1n) is 17.6. The third kappa shape index (κ3) is 4.60. The van der Waals surface area contributed by atoms with Gasteiger partial charge in [-0.1, -0.05) is 121 Å². The van der Waals surface area contributed by atoms with Crippen LogP contribution in [0.4, 0.5) is 0 Å². The fraction of sp³-hybridized carbons (Fsp3) is 0.0426. The van der Waals surface area contributed by atoms with Gasteiger partial charge in [-0.15, -0.1) is 0 Å². The van der Waals surface area contributed by atoms with Gasteiger partial charge in [0.15, 0.2) is 17.5 Å². The third-order valence-electron chi connectivity index (χ3n) is 10.4. The summed E-state index contributed by atoms with van der Waals surface area (Å²) in [7, 11) is 0. The van der Waals surface area contributed by atoms with Crippen LogP contribution in [0.5, 0.6) is 5.75 Å². The number of nitrogens with zero attached hydrogens (tertiary/aromatic N) is 3. The van der Waals surface area contributed by atoms with Crippen LogP contribution in [0.25, 0.3) is 83.0 Å². The molecule has 2 atom stereocenters. The van der Waals surface area contributed by atoms with E-state index in [9.17, 15) is 0 Å². The van der Waals surface area contributed by atoms with Crippen molar-refractivity contribution in [3.8, 4) is 39.7 Å². The third-order valence-corrected chi connectivity index (χ3v) is 10.4. The monoisotopic (exact) mass is 667 g/mol. The van der Waals surface area contributed by atoms with Crippen LogP contribution in [-0.2, 0) is 0 Å². The molecular weight excluding hydrogens is 639 g/mol. The molecule has 0 fully saturated rings. The first kappa shape index (κ1) is 28.9. The molecule has 3 heterocycles. The van der Waals surface area contributed by atoms with Crippen LogP contribution >= 0.6 is 0 Å². The summed E-state index contributed by atoms with van der Waals surface area (Å²) in [5.41, 5.74) is 7.67. The molecule has 0 amide bonds. The molecule has 5 nitrogen and oxygen atoms in total. The van der Waals surface area contributed by atoms with E-state index in [2.05, 4.69) is 140 Å². The number of rotatable bonds is 4. The van der Waals surface area contributed by atoms with Crippen LogP contribution in [-0.4, -0.2) is 21.1 Å². The van der Waals surface area contributed by atoms with E-state index >= 15 is 0 Å². The summed E-state index contributed by atoms with van der Waals surface area (Å²) >= 11 is 0. The Morgan fingerprint density at radius 2 is 1.17 bits per heavy atom. The molecule has 11 rings (SSSR count). The largest absolute Gasteiger partial charge is 0.485 e. The number of furan rings is 1. The van der Waals surface area contributed by atoms with E-state index in [0.29, 0.717) is 17.5 Å². The molecule has 0 saturated heterocycles. The van der Waals surface area contributed by atoms with Gasteiger partial charge in [-0.25, -0.2) is 15.0 Å².